The van der Waals surface area contributed by atoms with Gasteiger partial charge in [-0.1, -0.05) is 0 Å². The molecule has 0 radical (unpaired) electrons. The summed E-state index contributed by atoms with van der Waals surface area (Å²) in [7, 11) is 0. The number of imidazole rings is 1. The Balaban J connectivity index is 1.95. The van der Waals surface area contributed by atoms with E-state index in [1.54, 1.807) is 6.20 Å². The molecule has 0 saturated carbocycles. The van der Waals surface area contributed by atoms with Gasteiger partial charge in [-0.15, -0.1) is 0 Å². The highest BCUT2D eigenvalue weighted by Crippen LogP contribution is 2.30. The molecule has 3 rings (SSSR count). The van der Waals surface area contributed by atoms with Crippen molar-refractivity contribution in [1.82, 2.24) is 14.9 Å². The Labute approximate surface area is 135 Å². The van der Waals surface area contributed by atoms with Crippen LogP contribution in [0.4, 0.5) is 0 Å². The average molecular weight is 317 g/mol. The quantitative estimate of drug-likeness (QED) is 0.775. The van der Waals surface area contributed by atoms with Crippen LogP contribution in [-0.2, 0) is 6.61 Å². The van der Waals surface area contributed by atoms with E-state index in [1.807, 2.05) is 35.9 Å². The van der Waals surface area contributed by atoms with E-state index in [0.29, 0.717) is 18.9 Å². The number of aromatic nitrogens is 2. The summed E-state index contributed by atoms with van der Waals surface area (Å²) in [5.74, 6) is 1.49. The first-order valence-electron chi connectivity index (χ1n) is 8.03. The molecule has 2 atom stereocenters. The first-order valence-corrected chi connectivity index (χ1v) is 8.03. The minimum Gasteiger partial charge on any atom is -0.494 e. The molecule has 0 amide bonds. The lowest BCUT2D eigenvalue weighted by atomic mass is 10.0. The number of aliphatic hydroxyl groups excluding tert-OH is 2. The third-order valence-electron chi connectivity index (χ3n) is 4.23. The molecule has 1 aromatic carbocycles. The number of nitrogens with one attached hydrogen (secondary N) is 1. The van der Waals surface area contributed by atoms with E-state index < -0.39 is 6.10 Å². The summed E-state index contributed by atoms with van der Waals surface area (Å²) in [5, 5.41) is 23.0. The third-order valence-corrected chi connectivity index (χ3v) is 4.23. The second-order valence-corrected chi connectivity index (χ2v) is 5.70. The van der Waals surface area contributed by atoms with Gasteiger partial charge in [0.05, 0.1) is 25.4 Å². The Morgan fingerprint density at radius 3 is 3.04 bits per heavy atom. The van der Waals surface area contributed by atoms with Gasteiger partial charge in [0.1, 0.15) is 11.6 Å². The van der Waals surface area contributed by atoms with Crippen molar-refractivity contribution in [2.75, 3.05) is 19.7 Å². The van der Waals surface area contributed by atoms with Gasteiger partial charge in [-0.3, -0.25) is 0 Å². The average Bonchev–Trinajstić information content (AvgIpc) is 3.05. The zero-order valence-electron chi connectivity index (χ0n) is 13.3. The highest BCUT2D eigenvalue weighted by molar-refractivity contribution is 5.59. The van der Waals surface area contributed by atoms with Gasteiger partial charge in [0.2, 0.25) is 0 Å². The fourth-order valence-corrected chi connectivity index (χ4v) is 3.10. The maximum Gasteiger partial charge on any atom is 0.140 e. The van der Waals surface area contributed by atoms with Crippen LogP contribution in [-0.4, -0.2) is 45.6 Å². The zero-order valence-corrected chi connectivity index (χ0v) is 13.3. The van der Waals surface area contributed by atoms with Crippen molar-refractivity contribution < 1.29 is 14.9 Å². The summed E-state index contributed by atoms with van der Waals surface area (Å²) < 4.78 is 7.56. The SMILES string of the molecule is CCOc1ccc(-c2nccn2[C@H]2CCNC[C@@H]2O)cc1CO. The highest BCUT2D eigenvalue weighted by atomic mass is 16.5. The number of β-amino-alcohol motifs (C(OH)–C–C–N with tert-alkyl or cyclic N) is 1. The molecule has 2 heterocycles. The van der Waals surface area contributed by atoms with Crippen molar-refractivity contribution in [2.45, 2.75) is 32.1 Å². The van der Waals surface area contributed by atoms with Crippen molar-refractivity contribution in [3.8, 4) is 17.1 Å². The van der Waals surface area contributed by atoms with E-state index in [2.05, 4.69) is 10.3 Å². The third kappa shape index (κ3) is 3.24. The second kappa shape index (κ2) is 7.12. The van der Waals surface area contributed by atoms with Gasteiger partial charge in [-0.05, 0) is 38.1 Å². The lowest BCUT2D eigenvalue weighted by molar-refractivity contribution is 0.0880. The molecule has 1 saturated heterocycles. The number of ether oxygens (including phenoxy) is 1. The molecule has 6 nitrogen and oxygen atoms in total. The van der Waals surface area contributed by atoms with Crippen LogP contribution in [0, 0.1) is 0 Å². The van der Waals surface area contributed by atoms with Gasteiger partial charge >= 0.3 is 0 Å². The topological polar surface area (TPSA) is 79.5 Å². The van der Waals surface area contributed by atoms with E-state index in [1.165, 1.54) is 0 Å². The molecule has 124 valence electrons. The van der Waals surface area contributed by atoms with Crippen LogP contribution in [0.15, 0.2) is 30.6 Å². The maximum absolute atomic E-state index is 10.3. The summed E-state index contributed by atoms with van der Waals surface area (Å²) in [6.45, 7) is 3.86. The molecular weight excluding hydrogens is 294 g/mol. The zero-order chi connectivity index (χ0) is 16.2. The van der Waals surface area contributed by atoms with E-state index >= 15 is 0 Å². The molecule has 0 unspecified atom stereocenters. The predicted octanol–water partition coefficient (Wildman–Crippen LogP) is 1.34. The Kier molecular flexibility index (Phi) is 4.95. The number of nitrogens with zero attached hydrogens (tertiary/aromatic N) is 2. The van der Waals surface area contributed by atoms with Crippen LogP contribution in [0.2, 0.25) is 0 Å². The summed E-state index contributed by atoms with van der Waals surface area (Å²) in [4.78, 5) is 4.46. The van der Waals surface area contributed by atoms with E-state index in [9.17, 15) is 10.2 Å². The van der Waals surface area contributed by atoms with Gasteiger partial charge in [0.25, 0.3) is 0 Å². The first kappa shape index (κ1) is 16.0. The summed E-state index contributed by atoms with van der Waals surface area (Å²) >= 11 is 0. The number of piperidine rings is 1. The summed E-state index contributed by atoms with van der Waals surface area (Å²) in [6.07, 6.45) is 4.08. The number of benzene rings is 1. The van der Waals surface area contributed by atoms with E-state index in [0.717, 1.165) is 29.9 Å². The van der Waals surface area contributed by atoms with Crippen molar-refractivity contribution in [3.63, 3.8) is 0 Å². The van der Waals surface area contributed by atoms with Crippen LogP contribution in [0.3, 0.4) is 0 Å². The molecule has 0 aliphatic carbocycles. The molecule has 0 bridgehead atoms. The maximum atomic E-state index is 10.3. The Morgan fingerprint density at radius 1 is 1.43 bits per heavy atom. The molecule has 1 aliphatic heterocycles. The molecular formula is C17H23N3O3. The van der Waals surface area contributed by atoms with Crippen molar-refractivity contribution in [3.05, 3.63) is 36.2 Å². The van der Waals surface area contributed by atoms with Crippen LogP contribution >= 0.6 is 0 Å². The van der Waals surface area contributed by atoms with Crippen molar-refractivity contribution in [2.24, 2.45) is 0 Å². The standard InChI is InChI=1S/C17H23N3O3/c1-2-23-16-4-3-12(9-13(16)11-21)17-19-7-8-20(17)14-5-6-18-10-15(14)22/h3-4,7-9,14-15,18,21-22H,2,5-6,10-11H2,1H3/t14-,15-/m0/s1. The lowest BCUT2D eigenvalue weighted by Crippen LogP contribution is -2.41. The monoisotopic (exact) mass is 317 g/mol. The fourth-order valence-electron chi connectivity index (χ4n) is 3.10. The van der Waals surface area contributed by atoms with Gasteiger partial charge in [-0.2, -0.15) is 0 Å². The number of hydrogen-bond donors (Lipinski definition) is 3. The molecule has 0 spiro atoms. The number of rotatable bonds is 5. The van der Waals surface area contributed by atoms with Gasteiger partial charge in [-0.25, -0.2) is 4.98 Å². The van der Waals surface area contributed by atoms with E-state index in [4.69, 9.17) is 4.74 Å². The van der Waals surface area contributed by atoms with E-state index in [-0.39, 0.29) is 12.6 Å². The van der Waals surface area contributed by atoms with Crippen molar-refractivity contribution >= 4 is 0 Å². The van der Waals surface area contributed by atoms with Gasteiger partial charge in [0.15, 0.2) is 0 Å². The summed E-state index contributed by atoms with van der Waals surface area (Å²) in [6, 6.07) is 5.72. The van der Waals surface area contributed by atoms with Crippen LogP contribution in [0.1, 0.15) is 24.9 Å². The minimum atomic E-state index is -0.434. The Hall–Kier alpha value is -1.89. The van der Waals surface area contributed by atoms with Gasteiger partial charge in [0, 0.05) is 30.1 Å². The first-order chi connectivity index (χ1) is 11.2. The largest absolute Gasteiger partial charge is 0.494 e. The normalized spacial score (nSPS) is 21.3. The molecule has 3 N–H and O–H groups in total. The second-order valence-electron chi connectivity index (χ2n) is 5.70. The Bertz CT molecular complexity index is 656. The van der Waals surface area contributed by atoms with Crippen LogP contribution < -0.4 is 10.1 Å². The fraction of sp³-hybridized carbons (Fsp3) is 0.471. The Morgan fingerprint density at radius 2 is 2.30 bits per heavy atom. The van der Waals surface area contributed by atoms with Crippen LogP contribution in [0.25, 0.3) is 11.4 Å². The smallest absolute Gasteiger partial charge is 0.140 e. The molecule has 1 fully saturated rings. The van der Waals surface area contributed by atoms with Crippen LogP contribution in [0.5, 0.6) is 5.75 Å². The lowest BCUT2D eigenvalue weighted by Gasteiger charge is -2.30. The predicted molar refractivity (Wildman–Crippen MR) is 87.3 cm³/mol. The number of hydrogen-bond acceptors (Lipinski definition) is 5. The molecule has 1 aromatic heterocycles. The van der Waals surface area contributed by atoms with Crippen molar-refractivity contribution in [1.29, 1.82) is 0 Å². The highest BCUT2D eigenvalue weighted by Gasteiger charge is 2.26. The van der Waals surface area contributed by atoms with Gasteiger partial charge < -0.3 is 24.8 Å². The number of aliphatic hydroxyl groups is 2. The molecule has 23 heavy (non-hydrogen) atoms. The molecule has 6 heteroatoms. The molecule has 2 aromatic rings. The minimum absolute atomic E-state index is 0.0119. The summed E-state index contributed by atoms with van der Waals surface area (Å²) in [5.41, 5.74) is 1.65. The molecule has 1 aliphatic rings.